The largest absolute Gasteiger partial charge is 0.434 e. The molecule has 9 nitrogen and oxygen atoms in total. The van der Waals surface area contributed by atoms with Crippen LogP contribution in [0.25, 0.3) is 11.3 Å². The number of nitrogens with zero attached hydrogens (tertiary/aromatic N) is 3. The average Bonchev–Trinajstić information content (AvgIpc) is 3.20. The highest BCUT2D eigenvalue weighted by atomic mass is 32.2. The van der Waals surface area contributed by atoms with Crippen LogP contribution < -0.4 is 10.1 Å². The maximum absolute atomic E-state index is 13.3. The van der Waals surface area contributed by atoms with E-state index < -0.39 is 69.3 Å². The van der Waals surface area contributed by atoms with Crippen molar-refractivity contribution in [3.63, 3.8) is 0 Å². The van der Waals surface area contributed by atoms with Crippen LogP contribution in [0.2, 0.25) is 0 Å². The molecule has 1 saturated carbocycles. The van der Waals surface area contributed by atoms with Crippen molar-refractivity contribution < 1.29 is 58.2 Å². The molecule has 2 aromatic rings. The number of aromatic nitrogens is 3. The first-order chi connectivity index (χ1) is 19.7. The summed E-state index contributed by atoms with van der Waals surface area (Å²) in [5.41, 5.74) is -2.56. The number of halogens is 8. The molecule has 1 fully saturated rings. The Balaban J connectivity index is 1.91. The summed E-state index contributed by atoms with van der Waals surface area (Å²) in [6.07, 6.45) is -10.6. The van der Waals surface area contributed by atoms with E-state index in [9.17, 15) is 53.4 Å². The number of hydrogen-bond acceptors (Lipinski definition) is 7. The van der Waals surface area contributed by atoms with Crippen LogP contribution in [0.15, 0.2) is 12.3 Å². The number of pyridine rings is 1. The van der Waals surface area contributed by atoms with Gasteiger partial charge in [0.2, 0.25) is 0 Å². The number of rotatable bonds is 10. The second-order valence-corrected chi connectivity index (χ2v) is 12.8. The Morgan fingerprint density at radius 1 is 1.19 bits per heavy atom. The molecule has 43 heavy (non-hydrogen) atoms. The van der Waals surface area contributed by atoms with Gasteiger partial charge in [-0.3, -0.25) is 14.5 Å². The van der Waals surface area contributed by atoms with E-state index >= 15 is 0 Å². The van der Waals surface area contributed by atoms with Crippen LogP contribution in [0.3, 0.4) is 0 Å². The highest BCUT2D eigenvalue weighted by Crippen LogP contribution is 2.42. The van der Waals surface area contributed by atoms with Gasteiger partial charge >= 0.3 is 19.0 Å². The fourth-order valence-electron chi connectivity index (χ4n) is 4.99. The molecule has 18 heteroatoms. The van der Waals surface area contributed by atoms with Gasteiger partial charge in [-0.05, 0) is 39.5 Å². The summed E-state index contributed by atoms with van der Waals surface area (Å²) >= 11 is 0. The lowest BCUT2D eigenvalue weighted by atomic mass is 9.84. The number of alkyl halides is 8. The molecule has 1 aliphatic carbocycles. The van der Waals surface area contributed by atoms with Crippen molar-refractivity contribution >= 4 is 15.7 Å². The predicted octanol–water partition coefficient (Wildman–Crippen LogP) is 4.61. The smallest absolute Gasteiger partial charge is 0.400 e. The summed E-state index contributed by atoms with van der Waals surface area (Å²) in [4.78, 5) is 16.7. The van der Waals surface area contributed by atoms with Crippen molar-refractivity contribution in [2.24, 2.45) is 5.92 Å². The lowest BCUT2D eigenvalue weighted by molar-refractivity contribution is -0.283. The fraction of sp³-hybridized carbons (Fsp3) is 0.640. The van der Waals surface area contributed by atoms with Crippen LogP contribution in [-0.2, 0) is 22.8 Å². The van der Waals surface area contributed by atoms with Gasteiger partial charge in [0, 0.05) is 49.3 Å². The number of ether oxygens (including phenoxy) is 1. The molecule has 0 spiro atoms. The molecule has 2 heterocycles. The number of carbonyl (C=O) groups excluding carboxylic acids is 1. The van der Waals surface area contributed by atoms with Gasteiger partial charge in [-0.1, -0.05) is 0 Å². The molecular formula is C25H30F8N4O5S. The lowest BCUT2D eigenvalue weighted by Gasteiger charge is -2.35. The summed E-state index contributed by atoms with van der Waals surface area (Å²) in [7, 11) is -3.29. The number of amides is 1. The van der Waals surface area contributed by atoms with Crippen LogP contribution in [0.4, 0.5) is 35.1 Å². The van der Waals surface area contributed by atoms with E-state index in [1.165, 1.54) is 11.6 Å². The number of nitrogens with one attached hydrogen (secondary N) is 1. The summed E-state index contributed by atoms with van der Waals surface area (Å²) < 4.78 is 134. The van der Waals surface area contributed by atoms with Crippen LogP contribution >= 0.6 is 0 Å². The van der Waals surface area contributed by atoms with E-state index in [2.05, 4.69) is 20.1 Å². The SMILES string of the molecule is CCn1nc(C(=O)NC[C@]2(O)CC[C@@H](S(C)(=O)=O)CC2)c(C)c1-c1cnc(CC(C(F)(F)F)C(F)(F)F)cc1OC(F)F. The number of hydrogen-bond donors (Lipinski definition) is 2. The molecule has 1 amide bonds. The third-order valence-corrected chi connectivity index (χ3v) is 9.03. The van der Waals surface area contributed by atoms with Crippen molar-refractivity contribution in [3.8, 4) is 17.0 Å². The van der Waals surface area contributed by atoms with Crippen LogP contribution in [0.1, 0.15) is 54.4 Å². The first-order valence-corrected chi connectivity index (χ1v) is 15.0. The topological polar surface area (TPSA) is 123 Å². The summed E-state index contributed by atoms with van der Waals surface area (Å²) in [5, 5.41) is 16.9. The van der Waals surface area contributed by atoms with Crippen molar-refractivity contribution in [1.82, 2.24) is 20.1 Å². The van der Waals surface area contributed by atoms with Gasteiger partial charge in [-0.25, -0.2) is 8.42 Å². The van der Waals surface area contributed by atoms with Crippen molar-refractivity contribution in [1.29, 1.82) is 0 Å². The molecule has 2 N–H and O–H groups in total. The van der Waals surface area contributed by atoms with Crippen LogP contribution in [0, 0.1) is 12.8 Å². The molecule has 0 unspecified atom stereocenters. The third-order valence-electron chi connectivity index (χ3n) is 7.35. The average molecular weight is 651 g/mol. The molecule has 3 rings (SSSR count). The number of sulfone groups is 1. The van der Waals surface area contributed by atoms with Crippen molar-refractivity contribution in [3.05, 3.63) is 29.2 Å². The normalized spacial score (nSPS) is 20.1. The van der Waals surface area contributed by atoms with Gasteiger partial charge in [-0.15, -0.1) is 0 Å². The Hall–Kier alpha value is -3.02. The standard InChI is InChI=1S/C25H30F8N4O5S/c1-4-37-20(13(2)19(36-37)21(38)35-12-23(39)7-5-15(6-8-23)43(3,40)41)16-11-34-14(9-17(16)42-22(26)27)10-18(24(28,29)30)25(31,32)33/h9,11,15,18,22,39H,4-8,10,12H2,1-3H3,(H,35,38)/t15-,23+. The fourth-order valence-corrected chi connectivity index (χ4v) is 6.08. The van der Waals surface area contributed by atoms with Gasteiger partial charge in [0.1, 0.15) is 15.6 Å². The zero-order valence-electron chi connectivity index (χ0n) is 23.2. The first-order valence-electron chi connectivity index (χ1n) is 13.0. The summed E-state index contributed by atoms with van der Waals surface area (Å²) in [6, 6.07) is 0.556. The molecule has 0 atom stereocenters. The van der Waals surface area contributed by atoms with Gasteiger partial charge < -0.3 is 15.2 Å². The number of carbonyl (C=O) groups is 1. The Kier molecular flexibility index (Phi) is 10.0. The van der Waals surface area contributed by atoms with E-state index in [0.29, 0.717) is 6.07 Å². The molecule has 0 radical (unpaired) electrons. The Morgan fingerprint density at radius 3 is 2.26 bits per heavy atom. The third kappa shape index (κ3) is 8.33. The number of aliphatic hydroxyl groups is 1. The molecule has 0 aromatic carbocycles. The highest BCUT2D eigenvalue weighted by Gasteiger charge is 2.56. The van der Waals surface area contributed by atoms with E-state index in [0.717, 1.165) is 12.5 Å². The molecule has 242 valence electrons. The van der Waals surface area contributed by atoms with E-state index in [4.69, 9.17) is 0 Å². The quantitative estimate of drug-likeness (QED) is 0.360. The highest BCUT2D eigenvalue weighted by molar-refractivity contribution is 7.91. The molecular weight excluding hydrogens is 620 g/mol. The van der Waals surface area contributed by atoms with E-state index in [1.54, 1.807) is 6.92 Å². The molecule has 2 aromatic heterocycles. The maximum atomic E-state index is 13.3. The van der Waals surface area contributed by atoms with Crippen molar-refractivity contribution in [2.75, 3.05) is 12.8 Å². The van der Waals surface area contributed by atoms with E-state index in [1.807, 2.05) is 0 Å². The maximum Gasteiger partial charge on any atom is 0.400 e. The lowest BCUT2D eigenvalue weighted by Crippen LogP contribution is -2.47. The Bertz CT molecular complexity index is 1400. The van der Waals surface area contributed by atoms with E-state index in [-0.39, 0.29) is 61.3 Å². The molecule has 1 aliphatic rings. The Morgan fingerprint density at radius 2 is 1.77 bits per heavy atom. The second kappa shape index (κ2) is 12.5. The molecule has 0 bridgehead atoms. The summed E-state index contributed by atoms with van der Waals surface area (Å²) in [5.74, 6) is -5.35. The van der Waals surface area contributed by atoms with Gasteiger partial charge in [-0.2, -0.15) is 40.2 Å². The molecule has 0 saturated heterocycles. The molecule has 0 aliphatic heterocycles. The Labute approximate surface area is 241 Å². The van der Waals surface area contributed by atoms with Crippen molar-refractivity contribution in [2.45, 2.75) is 82.3 Å². The zero-order valence-corrected chi connectivity index (χ0v) is 24.0. The van der Waals surface area contributed by atoms with Gasteiger partial charge in [0.25, 0.3) is 5.91 Å². The minimum atomic E-state index is -5.68. The second-order valence-electron chi connectivity index (χ2n) is 10.5. The van der Waals surface area contributed by atoms with Crippen LogP contribution in [0.5, 0.6) is 5.75 Å². The monoisotopic (exact) mass is 650 g/mol. The van der Waals surface area contributed by atoms with Gasteiger partial charge in [0.05, 0.1) is 22.1 Å². The zero-order chi connectivity index (χ0) is 32.5. The van der Waals surface area contributed by atoms with Crippen LogP contribution in [-0.4, -0.2) is 76.8 Å². The minimum Gasteiger partial charge on any atom is -0.434 e. The first kappa shape index (κ1) is 34.5. The number of aryl methyl sites for hydroxylation is 1. The van der Waals surface area contributed by atoms with Gasteiger partial charge in [0.15, 0.2) is 11.6 Å². The minimum absolute atomic E-state index is 0.00193. The predicted molar refractivity (Wildman–Crippen MR) is 136 cm³/mol. The summed E-state index contributed by atoms with van der Waals surface area (Å²) in [6.45, 7) is -0.729.